The van der Waals surface area contributed by atoms with Gasteiger partial charge in [-0.25, -0.2) is 4.39 Å². The van der Waals surface area contributed by atoms with Crippen LogP contribution in [-0.4, -0.2) is 68.7 Å². The summed E-state index contributed by atoms with van der Waals surface area (Å²) in [5.74, 6) is -0.775. The minimum atomic E-state index is -1.10. The number of nitrogens with zero attached hydrogens (tertiary/aromatic N) is 2. The molecule has 3 heterocycles. The minimum Gasteiger partial charge on any atom is -0.504 e. The fourth-order valence-electron chi connectivity index (χ4n) is 8.51. The fraction of sp³-hybridized carbons (Fsp3) is 0.500. The second kappa shape index (κ2) is 6.47. The Morgan fingerprint density at radius 1 is 1.14 bits per heavy atom. The number of aliphatic hydroxyl groups is 1. The molecule has 3 aliphatic heterocycles. The first-order chi connectivity index (χ1) is 17.3. The van der Waals surface area contributed by atoms with E-state index in [4.69, 9.17) is 4.74 Å². The first-order valence-electron chi connectivity index (χ1n) is 12.9. The van der Waals surface area contributed by atoms with Gasteiger partial charge in [-0.3, -0.25) is 19.4 Å². The second-order valence-electron chi connectivity index (χ2n) is 11.6. The van der Waals surface area contributed by atoms with Crippen LogP contribution in [0.2, 0.25) is 0 Å². The third-order valence-corrected chi connectivity index (χ3v) is 10.0. The molecule has 1 spiro atoms. The number of aryl methyl sites for hydroxylation is 1. The molecule has 3 aliphatic carbocycles. The van der Waals surface area contributed by atoms with Crippen molar-refractivity contribution in [1.29, 1.82) is 0 Å². The smallest absolute Gasteiger partial charge is 0.264 e. The van der Waals surface area contributed by atoms with Crippen LogP contribution in [0.15, 0.2) is 30.3 Å². The highest BCUT2D eigenvalue weighted by atomic mass is 19.1. The summed E-state index contributed by atoms with van der Waals surface area (Å²) in [5.41, 5.74) is -0.355. The molecule has 7 nitrogen and oxygen atoms in total. The number of fused-ring (bicyclic) bond motifs is 4. The normalized spacial score (nSPS) is 37.8. The average Bonchev–Trinajstić information content (AvgIpc) is 3.51. The molecule has 6 aliphatic rings. The number of carbonyl (C=O) groups excluding carboxylic acids is 2. The van der Waals surface area contributed by atoms with Gasteiger partial charge in [0.2, 0.25) is 0 Å². The summed E-state index contributed by atoms with van der Waals surface area (Å²) in [4.78, 5) is 30.4. The number of ether oxygens (including phenoxy) is 1. The molecule has 3 saturated carbocycles. The zero-order chi connectivity index (χ0) is 24.7. The van der Waals surface area contributed by atoms with Crippen molar-refractivity contribution in [2.45, 2.75) is 61.8 Å². The van der Waals surface area contributed by atoms with Crippen LogP contribution in [0.3, 0.4) is 0 Å². The molecule has 1 unspecified atom stereocenters. The number of aromatic hydroxyl groups is 1. The van der Waals surface area contributed by atoms with Crippen molar-refractivity contribution >= 4 is 11.8 Å². The molecule has 8 heteroatoms. The van der Waals surface area contributed by atoms with E-state index in [0.717, 1.165) is 29.1 Å². The number of halogens is 1. The zero-order valence-corrected chi connectivity index (χ0v) is 19.9. The van der Waals surface area contributed by atoms with E-state index in [1.165, 1.54) is 31.0 Å². The van der Waals surface area contributed by atoms with Crippen LogP contribution in [0.5, 0.6) is 11.5 Å². The summed E-state index contributed by atoms with van der Waals surface area (Å²) in [6.45, 7) is 3.74. The molecule has 36 heavy (non-hydrogen) atoms. The molecule has 2 aromatic rings. The number of amides is 2. The highest BCUT2D eigenvalue weighted by Crippen LogP contribution is 2.74. The Bertz CT molecular complexity index is 1390. The number of hydrogen-bond acceptors (Lipinski definition) is 6. The van der Waals surface area contributed by atoms with Crippen LogP contribution in [-0.2, 0) is 5.41 Å². The van der Waals surface area contributed by atoms with Gasteiger partial charge in [-0.15, -0.1) is 0 Å². The standard InChI is InChI=1S/C28H27FN2O5/c1-13-5-8-19(32)22-21(13)28-16-12-30(11-14-6-7-14)23(16)27(28,35)10-9-18(24(28)36-22)31-25(33)15-3-2-4-17(29)20(15)26(31)34/h2-5,8,14,16,18,23-24,32,35H,6-7,9-12H2,1H3/t16?,18-,23+,24-,27+,28-/m0/s1. The molecule has 2 N–H and O–H groups in total. The van der Waals surface area contributed by atoms with E-state index in [9.17, 15) is 24.2 Å². The molecular formula is C28H27FN2O5. The molecule has 2 amide bonds. The van der Waals surface area contributed by atoms with E-state index in [2.05, 4.69) is 4.90 Å². The first kappa shape index (κ1) is 21.1. The van der Waals surface area contributed by atoms with Gasteiger partial charge in [-0.05, 0) is 62.3 Å². The third-order valence-electron chi connectivity index (χ3n) is 10.0. The number of carbonyl (C=O) groups is 2. The van der Waals surface area contributed by atoms with E-state index >= 15 is 0 Å². The van der Waals surface area contributed by atoms with Gasteiger partial charge < -0.3 is 14.9 Å². The topological polar surface area (TPSA) is 90.3 Å². The lowest BCUT2D eigenvalue weighted by Gasteiger charge is -2.78. The minimum absolute atomic E-state index is 0.00234. The molecule has 6 atom stereocenters. The van der Waals surface area contributed by atoms with Crippen LogP contribution in [0.25, 0.3) is 0 Å². The molecule has 0 bridgehead atoms. The van der Waals surface area contributed by atoms with Crippen LogP contribution in [0.4, 0.5) is 4.39 Å². The molecule has 4 fully saturated rings. The van der Waals surface area contributed by atoms with Gasteiger partial charge in [0.25, 0.3) is 11.8 Å². The van der Waals surface area contributed by atoms with Crippen molar-refractivity contribution in [3.63, 3.8) is 0 Å². The van der Waals surface area contributed by atoms with Crippen LogP contribution in [0, 0.1) is 24.6 Å². The molecule has 186 valence electrons. The van der Waals surface area contributed by atoms with E-state index in [1.54, 1.807) is 6.07 Å². The lowest BCUT2D eigenvalue weighted by molar-refractivity contribution is -0.320. The SMILES string of the molecule is Cc1ccc(O)c2c1[C@]13C4CN(CC5CC5)[C@H]4[C@]1(O)CC[C@H](N1C(=O)c4cccc(F)c4C1=O)[C@@H]3O2. The number of rotatable bonds is 3. The van der Waals surface area contributed by atoms with E-state index in [1.807, 2.05) is 13.0 Å². The summed E-state index contributed by atoms with van der Waals surface area (Å²) in [5, 5.41) is 23.2. The first-order valence-corrected chi connectivity index (χ1v) is 12.9. The Kier molecular flexibility index (Phi) is 3.80. The fourth-order valence-corrected chi connectivity index (χ4v) is 8.51. The largest absolute Gasteiger partial charge is 0.504 e. The summed E-state index contributed by atoms with van der Waals surface area (Å²) in [7, 11) is 0. The molecule has 1 saturated heterocycles. The van der Waals surface area contributed by atoms with E-state index in [-0.39, 0.29) is 28.8 Å². The van der Waals surface area contributed by atoms with Gasteiger partial charge in [0.05, 0.1) is 28.2 Å². The summed E-state index contributed by atoms with van der Waals surface area (Å²) >= 11 is 0. The predicted molar refractivity (Wildman–Crippen MR) is 125 cm³/mol. The van der Waals surface area contributed by atoms with Crippen molar-refractivity contribution in [3.05, 3.63) is 58.4 Å². The number of benzene rings is 2. The summed E-state index contributed by atoms with van der Waals surface area (Å²) < 4.78 is 21.1. The van der Waals surface area contributed by atoms with E-state index in [0.29, 0.717) is 24.5 Å². The maximum Gasteiger partial charge on any atom is 0.264 e. The molecular weight excluding hydrogens is 463 g/mol. The Morgan fingerprint density at radius 3 is 2.69 bits per heavy atom. The summed E-state index contributed by atoms with van der Waals surface area (Å²) in [6.07, 6.45) is 2.50. The van der Waals surface area contributed by atoms with Gasteiger partial charge >= 0.3 is 0 Å². The Balaban J connectivity index is 1.26. The Labute approximate surface area is 207 Å². The monoisotopic (exact) mass is 490 g/mol. The van der Waals surface area contributed by atoms with Gasteiger partial charge in [0, 0.05) is 30.6 Å². The number of likely N-dealkylation sites (tertiary alicyclic amines) is 1. The number of phenolic OH excluding ortho intramolecular Hbond substituents is 1. The molecule has 0 radical (unpaired) electrons. The van der Waals surface area contributed by atoms with Crippen molar-refractivity contribution in [2.24, 2.45) is 11.8 Å². The maximum atomic E-state index is 14.6. The number of imide groups is 1. The van der Waals surface area contributed by atoms with E-state index < -0.39 is 40.8 Å². The van der Waals surface area contributed by atoms with Gasteiger partial charge in [0.15, 0.2) is 11.5 Å². The van der Waals surface area contributed by atoms with Gasteiger partial charge in [-0.1, -0.05) is 12.1 Å². The lowest BCUT2D eigenvalue weighted by atomic mass is 9.35. The van der Waals surface area contributed by atoms with Gasteiger partial charge in [0.1, 0.15) is 11.9 Å². The highest BCUT2D eigenvalue weighted by molar-refractivity contribution is 6.21. The average molecular weight is 491 g/mol. The van der Waals surface area contributed by atoms with Gasteiger partial charge in [-0.2, -0.15) is 0 Å². The number of piperidine rings is 1. The van der Waals surface area contributed by atoms with Crippen molar-refractivity contribution in [2.75, 3.05) is 13.1 Å². The third kappa shape index (κ3) is 2.15. The van der Waals surface area contributed by atoms with Crippen molar-refractivity contribution in [3.8, 4) is 11.5 Å². The Hall–Kier alpha value is -2.97. The highest BCUT2D eigenvalue weighted by Gasteiger charge is 2.85. The quantitative estimate of drug-likeness (QED) is 0.644. The van der Waals surface area contributed by atoms with Crippen LogP contribution in [0.1, 0.15) is 57.5 Å². The predicted octanol–water partition coefficient (Wildman–Crippen LogP) is 2.75. The molecule has 8 rings (SSSR count). The van der Waals surface area contributed by atoms with Crippen molar-refractivity contribution < 1.29 is 28.9 Å². The molecule has 0 aromatic heterocycles. The van der Waals surface area contributed by atoms with Crippen LogP contribution >= 0.6 is 0 Å². The number of hydrogen-bond donors (Lipinski definition) is 2. The maximum absolute atomic E-state index is 14.6. The van der Waals surface area contributed by atoms with Crippen molar-refractivity contribution in [1.82, 2.24) is 9.80 Å². The summed E-state index contributed by atoms with van der Waals surface area (Å²) in [6, 6.07) is 6.85. The Morgan fingerprint density at radius 2 is 1.94 bits per heavy atom. The lowest BCUT2D eigenvalue weighted by Crippen LogP contribution is -2.92. The zero-order valence-electron chi connectivity index (χ0n) is 19.9. The number of phenols is 1. The van der Waals surface area contributed by atoms with Crippen LogP contribution < -0.4 is 4.74 Å². The second-order valence-corrected chi connectivity index (χ2v) is 11.6. The molecule has 2 aromatic carbocycles.